The molecule has 0 aromatic heterocycles. The molecule has 0 bridgehead atoms. The van der Waals surface area contributed by atoms with Crippen LogP contribution in [0.2, 0.25) is 0 Å². The van der Waals surface area contributed by atoms with E-state index < -0.39 is 0 Å². The normalized spacial score (nSPS) is 12.6. The molecule has 0 saturated carbocycles. The average molecular weight is 311 g/mol. The second kappa shape index (κ2) is 6.96. The van der Waals surface area contributed by atoms with Gasteiger partial charge in [0.15, 0.2) is 5.78 Å². The molecule has 3 heteroatoms. The zero-order chi connectivity index (χ0) is 6.69. The van der Waals surface area contributed by atoms with Crippen molar-refractivity contribution >= 4 is 5.78 Å². The van der Waals surface area contributed by atoms with Gasteiger partial charge in [0.05, 0.1) is 0 Å². The SMILES string of the molecule is CC(=O)C1=CC=C=C[CH]1.[I-].[Zn]. The van der Waals surface area contributed by atoms with Crippen LogP contribution in [0.1, 0.15) is 6.92 Å². The summed E-state index contributed by atoms with van der Waals surface area (Å²) in [6.07, 6.45) is 6.97. The van der Waals surface area contributed by atoms with Crippen LogP contribution in [0.4, 0.5) is 0 Å². The molecule has 0 aromatic rings. The first-order valence-electron chi connectivity index (χ1n) is 2.78. The summed E-state index contributed by atoms with van der Waals surface area (Å²) in [4.78, 5) is 10.6. The van der Waals surface area contributed by atoms with Gasteiger partial charge in [-0.25, -0.2) is 0 Å². The molecule has 0 saturated heterocycles. The molecule has 0 fully saturated rings. The van der Waals surface area contributed by atoms with Crippen LogP contribution in [0.25, 0.3) is 0 Å². The van der Waals surface area contributed by atoms with Crippen LogP contribution in [-0.2, 0) is 24.3 Å². The van der Waals surface area contributed by atoms with Crippen molar-refractivity contribution in [2.24, 2.45) is 0 Å². The van der Waals surface area contributed by atoms with Crippen molar-refractivity contribution in [1.29, 1.82) is 0 Å². The van der Waals surface area contributed by atoms with Gasteiger partial charge in [0, 0.05) is 31.5 Å². The summed E-state index contributed by atoms with van der Waals surface area (Å²) in [6, 6.07) is 0. The van der Waals surface area contributed by atoms with Crippen LogP contribution in [0.5, 0.6) is 0 Å². The standard InChI is InChI=1S/C8H7O.HI.Zn/c1-7(9)8-5-3-2-4-6-8;;/h3-6H,1H3;1H;/p-1. The Kier molecular flexibility index (Phi) is 8.76. The summed E-state index contributed by atoms with van der Waals surface area (Å²) in [6.45, 7) is 1.55. The monoisotopic (exact) mass is 310 g/mol. The number of rotatable bonds is 1. The molecule has 1 radical (unpaired) electrons. The van der Waals surface area contributed by atoms with Gasteiger partial charge in [-0.15, -0.1) is 5.73 Å². The minimum atomic E-state index is 0. The summed E-state index contributed by atoms with van der Waals surface area (Å²) in [5, 5.41) is 0. The molecule has 1 nitrogen and oxygen atoms in total. The first kappa shape index (κ1) is 13.8. The van der Waals surface area contributed by atoms with E-state index in [0.717, 1.165) is 5.57 Å². The van der Waals surface area contributed by atoms with E-state index in [0.29, 0.717) is 0 Å². The van der Waals surface area contributed by atoms with Gasteiger partial charge in [0.1, 0.15) is 0 Å². The van der Waals surface area contributed by atoms with Crippen LogP contribution in [0.15, 0.2) is 29.5 Å². The van der Waals surface area contributed by atoms with Gasteiger partial charge in [0.25, 0.3) is 0 Å². The first-order chi connectivity index (χ1) is 4.30. The summed E-state index contributed by atoms with van der Waals surface area (Å²) < 4.78 is 0. The zero-order valence-electron chi connectivity index (χ0n) is 6.30. The van der Waals surface area contributed by atoms with Gasteiger partial charge in [-0.1, -0.05) is 0 Å². The average Bonchev–Trinajstić information content (AvgIpc) is 1.90. The third-order valence-corrected chi connectivity index (χ3v) is 1.12. The molecule has 0 N–H and O–H groups in total. The van der Waals surface area contributed by atoms with Crippen molar-refractivity contribution in [1.82, 2.24) is 0 Å². The Morgan fingerprint density at radius 1 is 1.45 bits per heavy atom. The molecule has 1 aliphatic carbocycles. The van der Waals surface area contributed by atoms with E-state index in [2.05, 4.69) is 5.73 Å². The van der Waals surface area contributed by atoms with Crippen molar-refractivity contribution in [3.8, 4) is 0 Å². The van der Waals surface area contributed by atoms with Crippen LogP contribution in [0, 0.1) is 6.42 Å². The summed E-state index contributed by atoms with van der Waals surface area (Å²) >= 11 is 0. The van der Waals surface area contributed by atoms with Gasteiger partial charge in [-0.3, -0.25) is 4.79 Å². The number of hydrogen-bond acceptors (Lipinski definition) is 1. The molecular formula is C8H7IOZn-. The van der Waals surface area contributed by atoms with Crippen molar-refractivity contribution in [2.45, 2.75) is 6.92 Å². The predicted molar refractivity (Wildman–Crippen MR) is 35.7 cm³/mol. The van der Waals surface area contributed by atoms with Crippen LogP contribution < -0.4 is 24.0 Å². The van der Waals surface area contributed by atoms with Crippen LogP contribution in [-0.4, -0.2) is 5.78 Å². The Balaban J connectivity index is 0. The number of Topliss-reactive ketones (excluding diaryl/α,β-unsaturated/α-hetero) is 1. The number of carbonyl (C=O) groups is 1. The summed E-state index contributed by atoms with van der Waals surface area (Å²) in [5.41, 5.74) is 3.58. The Bertz CT molecular complexity index is 224. The number of carbonyl (C=O) groups excluding carboxylic acids is 1. The van der Waals surface area contributed by atoms with Gasteiger partial charge in [0.2, 0.25) is 0 Å². The Morgan fingerprint density at radius 2 is 2.09 bits per heavy atom. The van der Waals surface area contributed by atoms with E-state index in [1.807, 2.05) is 0 Å². The van der Waals surface area contributed by atoms with E-state index in [1.165, 1.54) is 0 Å². The van der Waals surface area contributed by atoms with Crippen LogP contribution in [0.3, 0.4) is 0 Å². The zero-order valence-corrected chi connectivity index (χ0v) is 11.4. The molecule has 0 spiro atoms. The van der Waals surface area contributed by atoms with Gasteiger partial charge in [-0.2, -0.15) is 0 Å². The van der Waals surface area contributed by atoms with E-state index in [4.69, 9.17) is 0 Å². The van der Waals surface area contributed by atoms with Crippen molar-refractivity contribution < 1.29 is 48.2 Å². The topological polar surface area (TPSA) is 17.1 Å². The maximum atomic E-state index is 10.6. The molecule has 0 aliphatic heterocycles. The maximum Gasteiger partial charge on any atom is 0.156 e. The number of ketones is 1. The molecular weight excluding hydrogens is 304 g/mol. The van der Waals surface area contributed by atoms with Gasteiger partial charge >= 0.3 is 0 Å². The Morgan fingerprint density at radius 3 is 2.36 bits per heavy atom. The molecule has 0 heterocycles. The molecule has 0 amide bonds. The fourth-order valence-corrected chi connectivity index (χ4v) is 0.622. The molecule has 0 unspecified atom stereocenters. The van der Waals surface area contributed by atoms with Crippen molar-refractivity contribution in [2.75, 3.05) is 0 Å². The quantitative estimate of drug-likeness (QED) is 0.325. The molecule has 1 rings (SSSR count). The Hall–Kier alpha value is 0.283. The molecule has 11 heavy (non-hydrogen) atoms. The third kappa shape index (κ3) is 4.68. The minimum Gasteiger partial charge on any atom is -1.00 e. The fourth-order valence-electron chi connectivity index (χ4n) is 0.622. The van der Waals surface area contributed by atoms with Crippen molar-refractivity contribution in [3.63, 3.8) is 0 Å². The van der Waals surface area contributed by atoms with E-state index in [-0.39, 0.29) is 49.2 Å². The van der Waals surface area contributed by atoms with E-state index in [1.54, 1.807) is 31.6 Å². The van der Waals surface area contributed by atoms with E-state index in [9.17, 15) is 4.79 Å². The van der Waals surface area contributed by atoms with Gasteiger partial charge in [-0.05, 0) is 25.2 Å². The summed E-state index contributed by atoms with van der Waals surface area (Å²) in [5.74, 6) is 0.101. The largest absolute Gasteiger partial charge is 1.00 e. The first-order valence-corrected chi connectivity index (χ1v) is 2.78. The second-order valence-corrected chi connectivity index (χ2v) is 1.84. The second-order valence-electron chi connectivity index (χ2n) is 1.84. The summed E-state index contributed by atoms with van der Waals surface area (Å²) in [7, 11) is 0. The van der Waals surface area contributed by atoms with Gasteiger partial charge < -0.3 is 24.0 Å². The van der Waals surface area contributed by atoms with Crippen molar-refractivity contribution in [3.05, 3.63) is 36.0 Å². The fraction of sp³-hybridized carbons (Fsp3) is 0.125. The maximum absolute atomic E-state index is 10.6. The predicted octanol–water partition coefficient (Wildman–Crippen LogP) is -1.57. The molecule has 0 aromatic carbocycles. The van der Waals surface area contributed by atoms with Crippen LogP contribution >= 0.6 is 0 Å². The molecule has 0 atom stereocenters. The minimum absolute atomic E-state index is 0. The number of allylic oxidation sites excluding steroid dienone is 3. The molecule has 1 aliphatic rings. The smallest absolute Gasteiger partial charge is 0.156 e. The number of halogens is 1. The Labute approximate surface area is 96.4 Å². The number of hydrogen-bond donors (Lipinski definition) is 0. The molecule has 55 valence electrons. The third-order valence-electron chi connectivity index (χ3n) is 1.12. The van der Waals surface area contributed by atoms with E-state index >= 15 is 0 Å².